The van der Waals surface area contributed by atoms with E-state index in [0.717, 1.165) is 16.8 Å². The molecule has 5 heteroatoms. The number of aryl methyl sites for hydroxylation is 1. The molecule has 0 aliphatic heterocycles. The van der Waals surface area contributed by atoms with E-state index in [2.05, 4.69) is 5.32 Å². The Hall–Kier alpha value is -2.30. The highest BCUT2D eigenvalue weighted by Gasteiger charge is 2.22. The molecule has 0 aliphatic rings. The fourth-order valence-corrected chi connectivity index (χ4v) is 2.14. The first-order valence-corrected chi connectivity index (χ1v) is 8.50. The van der Waals surface area contributed by atoms with Crippen molar-refractivity contribution in [1.82, 2.24) is 4.90 Å². The van der Waals surface area contributed by atoms with E-state index in [1.54, 1.807) is 11.9 Å². The summed E-state index contributed by atoms with van der Waals surface area (Å²) in [7, 11) is 1.74. The van der Waals surface area contributed by atoms with Crippen LogP contribution in [0.3, 0.4) is 0 Å². The van der Waals surface area contributed by atoms with Gasteiger partial charge in [-0.15, -0.1) is 0 Å². The minimum atomic E-state index is -0.497. The SMILES string of the molecule is CC(=O)Nc1cc(/C=C/CC(C)N(C)C(=O)OC(C)(C)C)ccc1C. The molecule has 1 rings (SSSR count). The van der Waals surface area contributed by atoms with Gasteiger partial charge < -0.3 is 15.0 Å². The Morgan fingerprint density at radius 2 is 1.96 bits per heavy atom. The van der Waals surface area contributed by atoms with E-state index >= 15 is 0 Å². The quantitative estimate of drug-likeness (QED) is 0.847. The van der Waals surface area contributed by atoms with Crippen molar-refractivity contribution in [2.45, 2.75) is 59.6 Å². The molecule has 1 aromatic carbocycles. The van der Waals surface area contributed by atoms with E-state index in [-0.39, 0.29) is 18.0 Å². The molecule has 0 saturated heterocycles. The number of carbonyl (C=O) groups excluding carboxylic acids is 2. The molecule has 0 spiro atoms. The monoisotopic (exact) mass is 346 g/mol. The molecule has 0 radical (unpaired) electrons. The number of hydrogen-bond donors (Lipinski definition) is 1. The Morgan fingerprint density at radius 3 is 2.52 bits per heavy atom. The number of benzene rings is 1. The van der Waals surface area contributed by atoms with Gasteiger partial charge in [-0.2, -0.15) is 0 Å². The van der Waals surface area contributed by atoms with Crippen molar-refractivity contribution < 1.29 is 14.3 Å². The Labute approximate surface area is 151 Å². The van der Waals surface area contributed by atoms with Crippen molar-refractivity contribution in [3.8, 4) is 0 Å². The van der Waals surface area contributed by atoms with Gasteiger partial charge in [-0.3, -0.25) is 4.79 Å². The van der Waals surface area contributed by atoms with Crippen molar-refractivity contribution in [1.29, 1.82) is 0 Å². The van der Waals surface area contributed by atoms with Crippen LogP contribution < -0.4 is 5.32 Å². The van der Waals surface area contributed by atoms with Crippen LogP contribution in [-0.4, -0.2) is 35.6 Å². The number of anilines is 1. The maximum Gasteiger partial charge on any atom is 0.410 e. The first kappa shape index (κ1) is 20.7. The minimum absolute atomic E-state index is 0.0198. The Balaban J connectivity index is 2.67. The van der Waals surface area contributed by atoms with E-state index < -0.39 is 5.60 Å². The minimum Gasteiger partial charge on any atom is -0.444 e. The Bertz CT molecular complexity index is 645. The molecule has 5 nitrogen and oxygen atoms in total. The largest absolute Gasteiger partial charge is 0.444 e. The number of nitrogens with one attached hydrogen (secondary N) is 1. The van der Waals surface area contributed by atoms with Crippen LogP contribution in [0.2, 0.25) is 0 Å². The number of rotatable bonds is 5. The van der Waals surface area contributed by atoms with Gasteiger partial charge in [0.1, 0.15) is 5.60 Å². The summed E-state index contributed by atoms with van der Waals surface area (Å²) < 4.78 is 5.37. The van der Waals surface area contributed by atoms with E-state index in [1.807, 2.05) is 65.0 Å². The first-order chi connectivity index (χ1) is 11.5. The van der Waals surface area contributed by atoms with E-state index in [1.165, 1.54) is 6.92 Å². The molecule has 0 saturated carbocycles. The van der Waals surface area contributed by atoms with E-state index in [4.69, 9.17) is 4.74 Å². The predicted molar refractivity (Wildman–Crippen MR) is 103 cm³/mol. The molecule has 138 valence electrons. The highest BCUT2D eigenvalue weighted by atomic mass is 16.6. The summed E-state index contributed by atoms with van der Waals surface area (Å²) in [6.45, 7) is 11.0. The summed E-state index contributed by atoms with van der Waals surface area (Å²) in [5.74, 6) is -0.0863. The molecule has 1 atom stereocenters. The van der Waals surface area contributed by atoms with E-state index in [9.17, 15) is 9.59 Å². The zero-order valence-corrected chi connectivity index (χ0v) is 16.3. The predicted octanol–water partition coefficient (Wildman–Crippen LogP) is 4.61. The van der Waals surface area contributed by atoms with Gasteiger partial charge in [0, 0.05) is 25.7 Å². The van der Waals surface area contributed by atoms with Gasteiger partial charge in [-0.25, -0.2) is 4.79 Å². The van der Waals surface area contributed by atoms with Crippen molar-refractivity contribution in [2.24, 2.45) is 0 Å². The summed E-state index contributed by atoms with van der Waals surface area (Å²) in [5, 5.41) is 2.83. The molecular weight excluding hydrogens is 316 g/mol. The molecule has 0 aliphatic carbocycles. The van der Waals surface area contributed by atoms with Gasteiger partial charge in [-0.1, -0.05) is 24.3 Å². The second-order valence-corrected chi connectivity index (χ2v) is 7.33. The number of nitrogens with zero attached hydrogens (tertiary/aromatic N) is 1. The smallest absolute Gasteiger partial charge is 0.410 e. The molecule has 1 N–H and O–H groups in total. The lowest BCUT2D eigenvalue weighted by atomic mass is 10.1. The number of ether oxygens (including phenoxy) is 1. The van der Waals surface area contributed by atoms with Gasteiger partial charge in [-0.05, 0) is 58.2 Å². The molecule has 25 heavy (non-hydrogen) atoms. The third kappa shape index (κ3) is 7.42. The van der Waals surface area contributed by atoms with Crippen LogP contribution >= 0.6 is 0 Å². The van der Waals surface area contributed by atoms with Crippen LogP contribution in [0, 0.1) is 6.92 Å². The third-order valence-electron chi connectivity index (χ3n) is 3.70. The standard InChI is InChI=1S/C20H30N2O3/c1-14-11-12-17(13-18(14)21-16(3)23)10-8-9-15(2)22(7)19(24)25-20(4,5)6/h8,10-13,15H,9H2,1-7H3,(H,21,23)/b10-8+. The van der Waals surface area contributed by atoms with Crippen LogP contribution in [0.15, 0.2) is 24.3 Å². The lowest BCUT2D eigenvalue weighted by Crippen LogP contribution is -2.39. The zero-order chi connectivity index (χ0) is 19.2. The van der Waals surface area contributed by atoms with Crippen LogP contribution in [0.5, 0.6) is 0 Å². The van der Waals surface area contributed by atoms with Crippen LogP contribution in [-0.2, 0) is 9.53 Å². The maximum atomic E-state index is 12.1. The normalized spacial score (nSPS) is 12.8. The summed E-state index contributed by atoms with van der Waals surface area (Å²) >= 11 is 0. The van der Waals surface area contributed by atoms with E-state index in [0.29, 0.717) is 6.42 Å². The van der Waals surface area contributed by atoms with Crippen LogP contribution in [0.4, 0.5) is 10.5 Å². The van der Waals surface area contributed by atoms with Crippen molar-refractivity contribution >= 4 is 23.8 Å². The summed E-state index contributed by atoms with van der Waals surface area (Å²) in [4.78, 5) is 24.9. The average molecular weight is 346 g/mol. The molecule has 0 aromatic heterocycles. The first-order valence-electron chi connectivity index (χ1n) is 8.50. The maximum absolute atomic E-state index is 12.1. The van der Waals surface area contributed by atoms with Gasteiger partial charge in [0.25, 0.3) is 0 Å². The van der Waals surface area contributed by atoms with Crippen molar-refractivity contribution in [3.05, 3.63) is 35.4 Å². The molecule has 0 fully saturated rings. The average Bonchev–Trinajstić information content (AvgIpc) is 2.47. The second kappa shape index (κ2) is 8.70. The fourth-order valence-electron chi connectivity index (χ4n) is 2.14. The zero-order valence-electron chi connectivity index (χ0n) is 16.3. The van der Waals surface area contributed by atoms with Gasteiger partial charge in [0.05, 0.1) is 0 Å². The lowest BCUT2D eigenvalue weighted by Gasteiger charge is -2.28. The van der Waals surface area contributed by atoms with Gasteiger partial charge >= 0.3 is 6.09 Å². The molecule has 1 aromatic rings. The van der Waals surface area contributed by atoms with Crippen LogP contribution in [0.25, 0.3) is 6.08 Å². The fraction of sp³-hybridized carbons (Fsp3) is 0.500. The molecule has 0 bridgehead atoms. The topological polar surface area (TPSA) is 58.6 Å². The lowest BCUT2D eigenvalue weighted by molar-refractivity contribution is -0.114. The number of amides is 2. The molecule has 0 heterocycles. The molecule has 2 amide bonds. The summed E-state index contributed by atoms with van der Waals surface area (Å²) in [6, 6.07) is 5.93. The van der Waals surface area contributed by atoms with Gasteiger partial charge in [0.15, 0.2) is 0 Å². The highest BCUT2D eigenvalue weighted by Crippen LogP contribution is 2.18. The molecular formula is C20H30N2O3. The third-order valence-corrected chi connectivity index (χ3v) is 3.70. The Kier molecular flexibility index (Phi) is 7.22. The van der Waals surface area contributed by atoms with Crippen molar-refractivity contribution in [2.75, 3.05) is 12.4 Å². The highest BCUT2D eigenvalue weighted by molar-refractivity contribution is 5.89. The number of carbonyl (C=O) groups is 2. The van der Waals surface area contributed by atoms with Crippen LogP contribution in [0.1, 0.15) is 52.2 Å². The number of hydrogen-bond acceptors (Lipinski definition) is 3. The Morgan fingerprint density at radius 1 is 1.32 bits per heavy atom. The second-order valence-electron chi connectivity index (χ2n) is 7.33. The molecule has 1 unspecified atom stereocenters. The summed E-state index contributed by atoms with van der Waals surface area (Å²) in [6.07, 6.45) is 4.40. The van der Waals surface area contributed by atoms with Crippen molar-refractivity contribution in [3.63, 3.8) is 0 Å². The summed E-state index contributed by atoms with van der Waals surface area (Å²) in [5.41, 5.74) is 2.34. The van der Waals surface area contributed by atoms with Gasteiger partial charge in [0.2, 0.25) is 5.91 Å².